The van der Waals surface area contributed by atoms with E-state index in [-0.39, 0.29) is 17.5 Å². The van der Waals surface area contributed by atoms with Crippen LogP contribution in [0.5, 0.6) is 0 Å². The number of sulfone groups is 1. The van der Waals surface area contributed by atoms with Crippen molar-refractivity contribution in [3.05, 3.63) is 22.8 Å². The number of anilines is 1. The Morgan fingerprint density at radius 1 is 1.48 bits per heavy atom. The number of nitrogens with one attached hydrogen (secondary N) is 1. The van der Waals surface area contributed by atoms with Crippen molar-refractivity contribution in [3.8, 4) is 0 Å². The zero-order valence-corrected chi connectivity index (χ0v) is 14.2. The molecule has 5 nitrogen and oxygen atoms in total. The summed E-state index contributed by atoms with van der Waals surface area (Å²) >= 11 is 6.17. The van der Waals surface area contributed by atoms with Gasteiger partial charge in [0, 0.05) is 25.7 Å². The fourth-order valence-electron chi connectivity index (χ4n) is 2.36. The lowest BCUT2D eigenvalue weighted by Gasteiger charge is -2.25. The van der Waals surface area contributed by atoms with Gasteiger partial charge in [0.1, 0.15) is 5.82 Å². The summed E-state index contributed by atoms with van der Waals surface area (Å²) in [6.07, 6.45) is 0.655. The summed E-state index contributed by atoms with van der Waals surface area (Å²) in [7, 11) is -1.01. The van der Waals surface area contributed by atoms with E-state index < -0.39 is 9.84 Å². The number of hydrogen-bond donors (Lipinski definition) is 1. The van der Waals surface area contributed by atoms with Crippen molar-refractivity contribution in [1.82, 2.24) is 10.3 Å². The van der Waals surface area contributed by atoms with Crippen molar-refractivity contribution in [2.24, 2.45) is 0 Å². The van der Waals surface area contributed by atoms with E-state index in [0.717, 1.165) is 11.5 Å². The monoisotopic (exact) mass is 331 g/mol. The van der Waals surface area contributed by atoms with Gasteiger partial charge in [-0.1, -0.05) is 25.4 Å². The zero-order chi connectivity index (χ0) is 15.6. The van der Waals surface area contributed by atoms with Gasteiger partial charge in [0.05, 0.1) is 22.2 Å². The summed E-state index contributed by atoms with van der Waals surface area (Å²) < 4.78 is 23.2. The highest BCUT2D eigenvalue weighted by atomic mass is 35.5. The van der Waals surface area contributed by atoms with Crippen molar-refractivity contribution in [3.63, 3.8) is 0 Å². The molecular formula is C14H22ClN3O2S. The van der Waals surface area contributed by atoms with Crippen molar-refractivity contribution in [1.29, 1.82) is 0 Å². The molecule has 0 amide bonds. The Labute approximate surface area is 131 Å². The van der Waals surface area contributed by atoms with Gasteiger partial charge >= 0.3 is 0 Å². The minimum absolute atomic E-state index is 0.00502. The molecule has 0 spiro atoms. The van der Waals surface area contributed by atoms with E-state index in [2.05, 4.69) is 24.1 Å². The molecule has 2 rings (SSSR count). The van der Waals surface area contributed by atoms with Gasteiger partial charge in [-0.15, -0.1) is 0 Å². The van der Waals surface area contributed by atoms with Gasteiger partial charge in [0.25, 0.3) is 0 Å². The first-order valence-electron chi connectivity index (χ1n) is 7.10. The molecule has 1 aromatic rings. The molecule has 21 heavy (non-hydrogen) atoms. The summed E-state index contributed by atoms with van der Waals surface area (Å²) in [5, 5.41) is 3.91. The molecule has 0 bridgehead atoms. The summed E-state index contributed by atoms with van der Waals surface area (Å²) in [4.78, 5) is 6.52. The molecule has 1 aliphatic heterocycles. The third-order valence-corrected chi connectivity index (χ3v) is 5.79. The summed E-state index contributed by atoms with van der Waals surface area (Å²) in [6, 6.07) is 4.01. The molecule has 118 valence electrons. The smallest absolute Gasteiger partial charge is 0.152 e. The van der Waals surface area contributed by atoms with E-state index in [9.17, 15) is 8.42 Å². The van der Waals surface area contributed by atoms with Crippen LogP contribution in [0.4, 0.5) is 5.82 Å². The molecule has 1 atom stereocenters. The summed E-state index contributed by atoms with van der Waals surface area (Å²) in [6.45, 7) is 4.72. The average molecular weight is 332 g/mol. The fraction of sp³-hybridized carbons (Fsp3) is 0.643. The molecule has 1 saturated heterocycles. The van der Waals surface area contributed by atoms with Gasteiger partial charge in [0.15, 0.2) is 9.84 Å². The molecule has 0 saturated carbocycles. The number of aromatic nitrogens is 1. The molecule has 1 unspecified atom stereocenters. The van der Waals surface area contributed by atoms with E-state index in [1.54, 1.807) is 0 Å². The molecule has 1 aromatic heterocycles. The van der Waals surface area contributed by atoms with Crippen molar-refractivity contribution in [2.75, 3.05) is 23.5 Å². The fourth-order valence-corrected chi connectivity index (χ4v) is 4.31. The Hall–Kier alpha value is -0.850. The van der Waals surface area contributed by atoms with Gasteiger partial charge in [-0.05, 0) is 18.6 Å². The van der Waals surface area contributed by atoms with Crippen LogP contribution in [0.2, 0.25) is 5.02 Å². The van der Waals surface area contributed by atoms with Gasteiger partial charge in [-0.2, -0.15) is 0 Å². The topological polar surface area (TPSA) is 62.3 Å². The zero-order valence-electron chi connectivity index (χ0n) is 12.6. The van der Waals surface area contributed by atoms with Crippen LogP contribution in [0.1, 0.15) is 26.0 Å². The Morgan fingerprint density at radius 3 is 2.76 bits per heavy atom. The van der Waals surface area contributed by atoms with E-state index in [1.165, 1.54) is 0 Å². The highest BCUT2D eigenvalue weighted by Gasteiger charge is 2.31. The summed E-state index contributed by atoms with van der Waals surface area (Å²) in [5.74, 6) is 1.23. The predicted molar refractivity (Wildman–Crippen MR) is 86.7 cm³/mol. The highest BCUT2D eigenvalue weighted by molar-refractivity contribution is 7.91. The van der Waals surface area contributed by atoms with Crippen LogP contribution in [0.3, 0.4) is 0 Å². The minimum atomic E-state index is -2.90. The lowest BCUT2D eigenvalue weighted by molar-refractivity contribution is 0.580. The van der Waals surface area contributed by atoms with Crippen LogP contribution in [0, 0.1) is 0 Å². The Morgan fingerprint density at radius 2 is 2.19 bits per heavy atom. The Bertz CT molecular complexity index is 604. The third-order valence-electron chi connectivity index (χ3n) is 3.70. The molecule has 1 aliphatic rings. The van der Waals surface area contributed by atoms with E-state index in [4.69, 9.17) is 11.6 Å². The molecule has 1 fully saturated rings. The molecular weight excluding hydrogens is 310 g/mol. The number of pyridine rings is 1. The highest BCUT2D eigenvalue weighted by Crippen LogP contribution is 2.24. The molecule has 1 N–H and O–H groups in total. The largest absolute Gasteiger partial charge is 0.356 e. The van der Waals surface area contributed by atoms with E-state index in [1.807, 2.05) is 24.1 Å². The van der Waals surface area contributed by atoms with Crippen LogP contribution in [-0.2, 0) is 16.4 Å². The second-order valence-electron chi connectivity index (χ2n) is 5.80. The molecule has 0 aliphatic carbocycles. The molecule has 7 heteroatoms. The normalized spacial score (nSPS) is 20.9. The first-order valence-corrected chi connectivity index (χ1v) is 9.30. The van der Waals surface area contributed by atoms with Crippen LogP contribution >= 0.6 is 11.6 Å². The van der Waals surface area contributed by atoms with Crippen LogP contribution in [0.15, 0.2) is 12.1 Å². The van der Waals surface area contributed by atoms with E-state index in [0.29, 0.717) is 24.0 Å². The number of hydrogen-bond acceptors (Lipinski definition) is 5. The number of halogens is 1. The molecule has 2 heterocycles. The summed E-state index contributed by atoms with van der Waals surface area (Å²) in [5.41, 5.74) is 0.788. The van der Waals surface area contributed by atoms with Crippen LogP contribution < -0.4 is 10.2 Å². The van der Waals surface area contributed by atoms with Crippen LogP contribution in [-0.4, -0.2) is 44.0 Å². The first-order chi connectivity index (χ1) is 9.78. The predicted octanol–water partition coefficient (Wildman–Crippen LogP) is 1.86. The lowest BCUT2D eigenvalue weighted by Crippen LogP contribution is -2.33. The SMILES string of the molecule is CC(C)NCc1nc(N(C)C2CCS(=O)(=O)C2)ccc1Cl. The second kappa shape index (κ2) is 6.50. The Balaban J connectivity index is 2.14. The van der Waals surface area contributed by atoms with Crippen molar-refractivity contribution >= 4 is 27.3 Å². The second-order valence-corrected chi connectivity index (χ2v) is 8.44. The first kappa shape index (κ1) is 16.5. The maximum absolute atomic E-state index is 11.6. The maximum Gasteiger partial charge on any atom is 0.152 e. The maximum atomic E-state index is 11.6. The number of rotatable bonds is 5. The number of nitrogens with zero attached hydrogens (tertiary/aromatic N) is 2. The van der Waals surface area contributed by atoms with E-state index >= 15 is 0 Å². The minimum Gasteiger partial charge on any atom is -0.356 e. The third kappa shape index (κ3) is 4.31. The van der Waals surface area contributed by atoms with Gasteiger partial charge in [0.2, 0.25) is 0 Å². The van der Waals surface area contributed by atoms with Gasteiger partial charge < -0.3 is 10.2 Å². The van der Waals surface area contributed by atoms with Crippen molar-refractivity contribution in [2.45, 2.75) is 38.9 Å². The van der Waals surface area contributed by atoms with Gasteiger partial charge in [-0.25, -0.2) is 13.4 Å². The average Bonchev–Trinajstić information content (AvgIpc) is 2.77. The standard InChI is InChI=1S/C14H22ClN3O2S/c1-10(2)16-8-13-12(15)4-5-14(17-13)18(3)11-6-7-21(19,20)9-11/h4-5,10-11,16H,6-9H2,1-3H3. The molecule has 0 aromatic carbocycles. The Kier molecular flexibility index (Phi) is 5.11. The lowest BCUT2D eigenvalue weighted by atomic mass is 10.2. The van der Waals surface area contributed by atoms with Crippen LogP contribution in [0.25, 0.3) is 0 Å². The molecule has 0 radical (unpaired) electrons. The van der Waals surface area contributed by atoms with Crippen molar-refractivity contribution < 1.29 is 8.42 Å². The quantitative estimate of drug-likeness (QED) is 0.892. The van der Waals surface area contributed by atoms with Gasteiger partial charge in [-0.3, -0.25) is 0 Å².